The van der Waals surface area contributed by atoms with Crippen LogP contribution < -0.4 is 5.73 Å². The first kappa shape index (κ1) is 19.0. The maximum atomic E-state index is 12.9. The molecule has 0 radical (unpaired) electrons. The van der Waals surface area contributed by atoms with Gasteiger partial charge in [-0.1, -0.05) is 61.9 Å². The molecule has 4 rings (SSSR count). The Kier molecular flexibility index (Phi) is 5.67. The van der Waals surface area contributed by atoms with Gasteiger partial charge in [0.25, 0.3) is 0 Å². The number of nitrogens with zero attached hydrogens (tertiary/aromatic N) is 1. The number of hydrogen-bond acceptors (Lipinski definition) is 3. The van der Waals surface area contributed by atoms with E-state index in [0.29, 0.717) is 19.1 Å². The maximum absolute atomic E-state index is 12.9. The van der Waals surface area contributed by atoms with Crippen LogP contribution in [0.15, 0.2) is 48.5 Å². The fourth-order valence-electron chi connectivity index (χ4n) is 4.87. The lowest BCUT2D eigenvalue weighted by Crippen LogP contribution is -2.47. The largest absolute Gasteiger partial charge is 0.448 e. The summed E-state index contributed by atoms with van der Waals surface area (Å²) < 4.78 is 5.88. The molecule has 4 nitrogen and oxygen atoms in total. The van der Waals surface area contributed by atoms with Crippen molar-refractivity contribution in [1.82, 2.24) is 4.90 Å². The minimum Gasteiger partial charge on any atom is -0.448 e. The predicted octanol–water partition coefficient (Wildman–Crippen LogP) is 4.77. The Bertz CT molecular complexity index is 789. The summed E-state index contributed by atoms with van der Waals surface area (Å²) >= 11 is 0. The van der Waals surface area contributed by atoms with E-state index in [1.54, 1.807) is 0 Å². The summed E-state index contributed by atoms with van der Waals surface area (Å²) in [4.78, 5) is 14.9. The molecule has 2 N–H and O–H groups in total. The van der Waals surface area contributed by atoms with E-state index in [-0.39, 0.29) is 18.1 Å². The second-order valence-corrected chi connectivity index (χ2v) is 8.07. The van der Waals surface area contributed by atoms with Gasteiger partial charge in [0.15, 0.2) is 0 Å². The number of hydrogen-bond donors (Lipinski definition) is 1. The van der Waals surface area contributed by atoms with Crippen molar-refractivity contribution in [1.29, 1.82) is 0 Å². The molecule has 1 saturated heterocycles. The average molecular weight is 379 g/mol. The molecular weight excluding hydrogens is 348 g/mol. The third-order valence-electron chi connectivity index (χ3n) is 6.35. The molecule has 28 heavy (non-hydrogen) atoms. The number of rotatable bonds is 5. The van der Waals surface area contributed by atoms with Crippen LogP contribution in [0.5, 0.6) is 0 Å². The van der Waals surface area contributed by atoms with Crippen molar-refractivity contribution in [2.24, 2.45) is 11.7 Å². The van der Waals surface area contributed by atoms with Gasteiger partial charge in [0, 0.05) is 18.5 Å². The van der Waals surface area contributed by atoms with Crippen molar-refractivity contribution < 1.29 is 9.53 Å². The molecule has 2 unspecified atom stereocenters. The third kappa shape index (κ3) is 3.53. The zero-order valence-electron chi connectivity index (χ0n) is 16.6. The van der Waals surface area contributed by atoms with Gasteiger partial charge in [-0.25, -0.2) is 4.79 Å². The Balaban J connectivity index is 1.48. The van der Waals surface area contributed by atoms with E-state index in [4.69, 9.17) is 10.5 Å². The molecule has 4 heteroatoms. The highest BCUT2D eigenvalue weighted by atomic mass is 16.6. The van der Waals surface area contributed by atoms with Crippen LogP contribution in [0.2, 0.25) is 0 Å². The number of carbonyl (C=O) groups excluding carboxylic acids is 1. The first-order chi connectivity index (χ1) is 13.7. The normalized spacial score (nSPS) is 21.3. The molecule has 148 valence electrons. The second kappa shape index (κ2) is 8.36. The quantitative estimate of drug-likeness (QED) is 0.815. The summed E-state index contributed by atoms with van der Waals surface area (Å²) in [6, 6.07) is 17.1. The molecule has 2 atom stereocenters. The molecule has 2 aromatic carbocycles. The molecule has 1 heterocycles. The van der Waals surface area contributed by atoms with Crippen molar-refractivity contribution >= 4 is 6.09 Å². The Morgan fingerprint density at radius 2 is 1.75 bits per heavy atom. The van der Waals surface area contributed by atoms with Crippen molar-refractivity contribution in [3.63, 3.8) is 0 Å². The third-order valence-corrected chi connectivity index (χ3v) is 6.35. The molecule has 0 spiro atoms. The number of carbonyl (C=O) groups is 1. The van der Waals surface area contributed by atoms with Gasteiger partial charge in [-0.3, -0.25) is 0 Å². The Morgan fingerprint density at radius 3 is 2.36 bits per heavy atom. The van der Waals surface area contributed by atoms with Gasteiger partial charge in [-0.05, 0) is 54.0 Å². The van der Waals surface area contributed by atoms with E-state index in [2.05, 4.69) is 55.5 Å². The number of likely N-dealkylation sites (tertiary alicyclic amines) is 1. The van der Waals surface area contributed by atoms with E-state index in [9.17, 15) is 4.79 Å². The van der Waals surface area contributed by atoms with Crippen molar-refractivity contribution in [3.8, 4) is 11.1 Å². The first-order valence-corrected chi connectivity index (χ1v) is 10.5. The standard InChI is InChI=1S/C24H30N2O2/c1-2-7-18-14-17(15-25)12-13-26(18)24(27)28-16-23-21-10-5-3-8-19(21)20-9-4-6-11-22(20)23/h3-6,8-11,17-18,23H,2,7,12-16,25H2,1H3. The zero-order chi connectivity index (χ0) is 19.5. The fraction of sp³-hybridized carbons (Fsp3) is 0.458. The monoisotopic (exact) mass is 378 g/mol. The van der Waals surface area contributed by atoms with Gasteiger partial charge in [-0.2, -0.15) is 0 Å². The number of nitrogens with two attached hydrogens (primary N) is 1. The summed E-state index contributed by atoms with van der Waals surface area (Å²) in [6.07, 6.45) is 3.88. The van der Waals surface area contributed by atoms with Crippen molar-refractivity contribution in [2.45, 2.75) is 44.6 Å². The van der Waals surface area contributed by atoms with Crippen LogP contribution in [-0.4, -0.2) is 36.7 Å². The molecule has 2 aliphatic rings. The number of amides is 1. The SMILES string of the molecule is CCCC1CC(CN)CCN1C(=O)OCC1c2ccccc2-c2ccccc21. The minimum absolute atomic E-state index is 0.113. The summed E-state index contributed by atoms with van der Waals surface area (Å²) in [7, 11) is 0. The predicted molar refractivity (Wildman–Crippen MR) is 112 cm³/mol. The number of ether oxygens (including phenoxy) is 1. The van der Waals surface area contributed by atoms with Crippen LogP contribution in [0.1, 0.15) is 49.7 Å². The smallest absolute Gasteiger partial charge is 0.410 e. The first-order valence-electron chi connectivity index (χ1n) is 10.5. The molecule has 0 saturated carbocycles. The van der Waals surface area contributed by atoms with Crippen LogP contribution >= 0.6 is 0 Å². The van der Waals surface area contributed by atoms with Gasteiger partial charge in [0.1, 0.15) is 6.61 Å². The lowest BCUT2D eigenvalue weighted by molar-refractivity contribution is 0.0581. The van der Waals surface area contributed by atoms with E-state index in [0.717, 1.165) is 32.2 Å². The summed E-state index contributed by atoms with van der Waals surface area (Å²) in [5.41, 5.74) is 10.9. The van der Waals surface area contributed by atoms with Crippen molar-refractivity contribution in [2.75, 3.05) is 19.7 Å². The fourth-order valence-corrected chi connectivity index (χ4v) is 4.87. The molecule has 0 aromatic heterocycles. The molecule has 1 amide bonds. The van der Waals surface area contributed by atoms with Crippen LogP contribution in [0.25, 0.3) is 11.1 Å². The highest BCUT2D eigenvalue weighted by Crippen LogP contribution is 2.44. The molecule has 0 bridgehead atoms. The zero-order valence-corrected chi connectivity index (χ0v) is 16.6. The summed E-state index contributed by atoms with van der Waals surface area (Å²) in [6.45, 7) is 4.02. The molecule has 1 fully saturated rings. The van der Waals surface area contributed by atoms with Crippen LogP contribution in [0.3, 0.4) is 0 Å². The topological polar surface area (TPSA) is 55.6 Å². The lowest BCUT2D eigenvalue weighted by atomic mass is 9.89. The molecule has 2 aromatic rings. The van der Waals surface area contributed by atoms with Gasteiger partial charge in [-0.15, -0.1) is 0 Å². The van der Waals surface area contributed by atoms with Gasteiger partial charge in [0.2, 0.25) is 0 Å². The highest BCUT2D eigenvalue weighted by Gasteiger charge is 2.33. The Labute approximate surface area is 167 Å². The summed E-state index contributed by atoms with van der Waals surface area (Å²) in [5, 5.41) is 0. The summed E-state index contributed by atoms with van der Waals surface area (Å²) in [5.74, 6) is 0.636. The number of benzene rings is 2. The molecule has 1 aliphatic carbocycles. The van der Waals surface area contributed by atoms with E-state index in [1.165, 1.54) is 22.3 Å². The Hall–Kier alpha value is -2.33. The van der Waals surface area contributed by atoms with Gasteiger partial charge >= 0.3 is 6.09 Å². The van der Waals surface area contributed by atoms with Gasteiger partial charge in [0.05, 0.1) is 0 Å². The van der Waals surface area contributed by atoms with Crippen molar-refractivity contribution in [3.05, 3.63) is 59.7 Å². The number of fused-ring (bicyclic) bond motifs is 3. The maximum Gasteiger partial charge on any atom is 0.410 e. The van der Waals surface area contributed by atoms with Crippen LogP contribution in [0, 0.1) is 5.92 Å². The van der Waals surface area contributed by atoms with Crippen LogP contribution in [-0.2, 0) is 4.74 Å². The van der Waals surface area contributed by atoms with E-state index >= 15 is 0 Å². The molecule has 1 aliphatic heterocycles. The average Bonchev–Trinajstić information content (AvgIpc) is 3.06. The van der Waals surface area contributed by atoms with E-state index in [1.807, 2.05) is 4.90 Å². The van der Waals surface area contributed by atoms with Crippen LogP contribution in [0.4, 0.5) is 4.79 Å². The number of piperidine rings is 1. The van der Waals surface area contributed by atoms with Gasteiger partial charge < -0.3 is 15.4 Å². The lowest BCUT2D eigenvalue weighted by Gasteiger charge is -2.38. The van der Waals surface area contributed by atoms with E-state index < -0.39 is 0 Å². The Morgan fingerprint density at radius 1 is 1.11 bits per heavy atom. The second-order valence-electron chi connectivity index (χ2n) is 8.07. The minimum atomic E-state index is -0.171. The highest BCUT2D eigenvalue weighted by molar-refractivity contribution is 5.79. The molecular formula is C24H30N2O2.